The van der Waals surface area contributed by atoms with Gasteiger partial charge in [-0.15, -0.1) is 0 Å². The number of hydrogen-bond acceptors (Lipinski definition) is 3. The number of likely N-dealkylation sites (N-methyl/N-ethyl adjacent to an activating group) is 1. The van der Waals surface area contributed by atoms with Gasteiger partial charge in [0.05, 0.1) is 6.04 Å². The van der Waals surface area contributed by atoms with E-state index in [1.165, 1.54) is 0 Å². The van der Waals surface area contributed by atoms with Crippen molar-refractivity contribution in [2.24, 2.45) is 11.7 Å². The van der Waals surface area contributed by atoms with Crippen molar-refractivity contribution in [3.05, 3.63) is 0 Å². The van der Waals surface area contributed by atoms with Crippen molar-refractivity contribution in [2.75, 3.05) is 7.05 Å². The molecule has 0 aromatic carbocycles. The number of rotatable bonds is 4. The number of carbonyl (C=O) groups excluding carboxylic acids is 2. The van der Waals surface area contributed by atoms with Crippen LogP contribution in [0.25, 0.3) is 0 Å². The van der Waals surface area contributed by atoms with E-state index in [-0.39, 0.29) is 29.8 Å². The highest BCUT2D eigenvalue weighted by molar-refractivity contribution is 5.81. The van der Waals surface area contributed by atoms with Gasteiger partial charge in [0, 0.05) is 12.0 Å². The Bertz CT molecular complexity index is 260. The second-order valence-corrected chi connectivity index (χ2v) is 4.47. The number of amides is 2. The Morgan fingerprint density at radius 1 is 1.25 bits per heavy atom. The molecule has 0 saturated heterocycles. The summed E-state index contributed by atoms with van der Waals surface area (Å²) in [5.74, 6) is -0.201. The molecular weight excluding hydrogens is 206 g/mol. The van der Waals surface area contributed by atoms with E-state index in [2.05, 4.69) is 10.6 Å². The number of nitrogens with one attached hydrogen (secondary N) is 2. The first kappa shape index (κ1) is 13.0. The first-order chi connectivity index (χ1) is 7.54. The lowest BCUT2D eigenvalue weighted by atomic mass is 9.85. The van der Waals surface area contributed by atoms with Gasteiger partial charge in [-0.1, -0.05) is 0 Å². The third-order valence-electron chi connectivity index (χ3n) is 3.30. The lowest BCUT2D eigenvalue weighted by Gasteiger charge is -2.28. The Morgan fingerprint density at radius 3 is 2.25 bits per heavy atom. The van der Waals surface area contributed by atoms with E-state index >= 15 is 0 Å². The molecule has 1 aliphatic rings. The molecule has 0 aliphatic heterocycles. The van der Waals surface area contributed by atoms with E-state index in [0.29, 0.717) is 0 Å². The molecule has 1 unspecified atom stereocenters. The second kappa shape index (κ2) is 5.84. The van der Waals surface area contributed by atoms with Crippen LogP contribution >= 0.6 is 0 Å². The molecule has 2 amide bonds. The van der Waals surface area contributed by atoms with Gasteiger partial charge in [0.15, 0.2) is 0 Å². The third kappa shape index (κ3) is 3.48. The van der Waals surface area contributed by atoms with Crippen LogP contribution in [-0.4, -0.2) is 30.9 Å². The van der Waals surface area contributed by atoms with Gasteiger partial charge in [0.25, 0.3) is 0 Å². The molecule has 5 nitrogen and oxygen atoms in total. The monoisotopic (exact) mass is 227 g/mol. The summed E-state index contributed by atoms with van der Waals surface area (Å²) in [7, 11) is 1.76. The van der Waals surface area contributed by atoms with Crippen LogP contribution in [0.3, 0.4) is 0 Å². The van der Waals surface area contributed by atoms with Crippen LogP contribution in [-0.2, 0) is 9.59 Å². The Hall–Kier alpha value is -1.10. The van der Waals surface area contributed by atoms with E-state index in [1.54, 1.807) is 7.05 Å². The van der Waals surface area contributed by atoms with Crippen LogP contribution in [0, 0.1) is 5.92 Å². The molecule has 0 aromatic rings. The number of primary amides is 1. The molecule has 1 fully saturated rings. The third-order valence-corrected chi connectivity index (χ3v) is 3.30. The van der Waals surface area contributed by atoms with Crippen molar-refractivity contribution in [3.8, 4) is 0 Å². The van der Waals surface area contributed by atoms with Crippen LogP contribution < -0.4 is 16.4 Å². The molecule has 0 heterocycles. The normalized spacial score (nSPS) is 27.1. The highest BCUT2D eigenvalue weighted by Crippen LogP contribution is 2.23. The van der Waals surface area contributed by atoms with Gasteiger partial charge >= 0.3 is 0 Å². The van der Waals surface area contributed by atoms with Crippen molar-refractivity contribution >= 4 is 11.8 Å². The van der Waals surface area contributed by atoms with Crippen molar-refractivity contribution in [1.29, 1.82) is 0 Å². The van der Waals surface area contributed by atoms with Gasteiger partial charge in [0.1, 0.15) is 0 Å². The maximum absolute atomic E-state index is 11.6. The highest BCUT2D eigenvalue weighted by atomic mass is 16.2. The quantitative estimate of drug-likeness (QED) is 0.619. The maximum atomic E-state index is 11.6. The van der Waals surface area contributed by atoms with Crippen LogP contribution in [0.2, 0.25) is 0 Å². The predicted octanol–water partition coefficient (Wildman–Crippen LogP) is -0.245. The van der Waals surface area contributed by atoms with Gasteiger partial charge in [-0.05, 0) is 39.7 Å². The summed E-state index contributed by atoms with van der Waals surface area (Å²) < 4.78 is 0. The average molecular weight is 227 g/mol. The molecule has 0 aromatic heterocycles. The molecular formula is C11H21N3O2. The minimum Gasteiger partial charge on any atom is -0.369 e. The van der Waals surface area contributed by atoms with Crippen molar-refractivity contribution in [1.82, 2.24) is 10.6 Å². The lowest BCUT2D eigenvalue weighted by Crippen LogP contribution is -2.46. The minimum absolute atomic E-state index is 0.00474. The Kier molecular flexibility index (Phi) is 4.73. The summed E-state index contributed by atoms with van der Waals surface area (Å²) in [6, 6.07) is 0.0211. The molecule has 92 valence electrons. The van der Waals surface area contributed by atoms with Crippen LogP contribution in [0.15, 0.2) is 0 Å². The smallest absolute Gasteiger partial charge is 0.237 e. The minimum atomic E-state index is -0.214. The number of carbonyl (C=O) groups is 2. The van der Waals surface area contributed by atoms with Gasteiger partial charge in [0.2, 0.25) is 11.8 Å². The van der Waals surface area contributed by atoms with Crippen LogP contribution in [0.1, 0.15) is 32.6 Å². The highest BCUT2D eigenvalue weighted by Gasteiger charge is 2.26. The first-order valence-corrected chi connectivity index (χ1v) is 5.81. The topological polar surface area (TPSA) is 84.2 Å². The standard InChI is InChI=1S/C11H21N3O2/c1-7(13-2)11(16)14-9-5-3-8(4-6-9)10(12)15/h7-9,13H,3-6H2,1-2H3,(H2,12,15)(H,14,16). The second-order valence-electron chi connectivity index (χ2n) is 4.47. The van der Waals surface area contributed by atoms with Gasteiger partial charge in [-0.2, -0.15) is 0 Å². The molecule has 0 bridgehead atoms. The molecule has 16 heavy (non-hydrogen) atoms. The van der Waals surface area contributed by atoms with Crippen molar-refractivity contribution in [3.63, 3.8) is 0 Å². The zero-order chi connectivity index (χ0) is 12.1. The van der Waals surface area contributed by atoms with E-state index < -0.39 is 0 Å². The van der Waals surface area contributed by atoms with Crippen molar-refractivity contribution < 1.29 is 9.59 Å². The lowest BCUT2D eigenvalue weighted by molar-refractivity contribution is -0.124. The van der Waals surface area contributed by atoms with E-state index in [0.717, 1.165) is 25.7 Å². The summed E-state index contributed by atoms with van der Waals surface area (Å²) in [5, 5.41) is 5.87. The van der Waals surface area contributed by atoms with Crippen molar-refractivity contribution in [2.45, 2.75) is 44.7 Å². The fraction of sp³-hybridized carbons (Fsp3) is 0.818. The van der Waals surface area contributed by atoms with Gasteiger partial charge in [-0.3, -0.25) is 9.59 Å². The molecule has 5 heteroatoms. The first-order valence-electron chi connectivity index (χ1n) is 5.81. The number of nitrogens with two attached hydrogens (primary N) is 1. The van der Waals surface area contributed by atoms with Crippen LogP contribution in [0.4, 0.5) is 0 Å². The fourth-order valence-electron chi connectivity index (χ4n) is 1.98. The Morgan fingerprint density at radius 2 is 1.81 bits per heavy atom. The zero-order valence-electron chi connectivity index (χ0n) is 9.95. The largest absolute Gasteiger partial charge is 0.369 e. The summed E-state index contributed by atoms with van der Waals surface area (Å²) in [4.78, 5) is 22.6. The summed E-state index contributed by atoms with van der Waals surface area (Å²) >= 11 is 0. The Labute approximate surface area is 96.1 Å². The zero-order valence-corrected chi connectivity index (χ0v) is 9.95. The Balaban J connectivity index is 2.32. The molecule has 0 spiro atoms. The molecule has 1 atom stereocenters. The fourth-order valence-corrected chi connectivity index (χ4v) is 1.98. The van der Waals surface area contributed by atoms with E-state index in [9.17, 15) is 9.59 Å². The molecule has 4 N–H and O–H groups in total. The summed E-state index contributed by atoms with van der Waals surface area (Å²) in [5.41, 5.74) is 5.25. The summed E-state index contributed by atoms with van der Waals surface area (Å²) in [6.45, 7) is 1.82. The maximum Gasteiger partial charge on any atom is 0.237 e. The van der Waals surface area contributed by atoms with E-state index in [4.69, 9.17) is 5.73 Å². The molecule has 1 aliphatic carbocycles. The molecule has 0 radical (unpaired) electrons. The number of hydrogen-bond donors (Lipinski definition) is 3. The van der Waals surface area contributed by atoms with Gasteiger partial charge < -0.3 is 16.4 Å². The SMILES string of the molecule is CNC(C)C(=O)NC1CCC(C(N)=O)CC1. The average Bonchev–Trinajstić information content (AvgIpc) is 2.28. The van der Waals surface area contributed by atoms with Gasteiger partial charge in [-0.25, -0.2) is 0 Å². The van der Waals surface area contributed by atoms with E-state index in [1.807, 2.05) is 6.92 Å². The van der Waals surface area contributed by atoms with Crippen LogP contribution in [0.5, 0.6) is 0 Å². The summed E-state index contributed by atoms with van der Waals surface area (Å²) in [6.07, 6.45) is 3.26. The molecule has 1 rings (SSSR count). The predicted molar refractivity (Wildman–Crippen MR) is 61.6 cm³/mol. The molecule has 1 saturated carbocycles.